The minimum atomic E-state index is -0.584. The van der Waals surface area contributed by atoms with Gasteiger partial charge in [-0.15, -0.1) is 0 Å². The Kier molecular flexibility index (Phi) is 4.63. The molecule has 24 heavy (non-hydrogen) atoms. The van der Waals surface area contributed by atoms with Gasteiger partial charge in [-0.05, 0) is 51.8 Å². The van der Waals surface area contributed by atoms with Crippen molar-refractivity contribution >= 4 is 45.8 Å². The maximum Gasteiger partial charge on any atom is 0.359 e. The number of hydrogen-bond acceptors (Lipinski definition) is 4. The van der Waals surface area contributed by atoms with Crippen molar-refractivity contribution in [3.63, 3.8) is 0 Å². The van der Waals surface area contributed by atoms with E-state index in [-0.39, 0.29) is 0 Å². The third kappa shape index (κ3) is 3.60. The highest BCUT2D eigenvalue weighted by atomic mass is 35.5. The van der Waals surface area contributed by atoms with Gasteiger partial charge in [0.2, 0.25) is 0 Å². The molecule has 0 aliphatic carbocycles. The maximum absolute atomic E-state index is 12.7. The van der Waals surface area contributed by atoms with Crippen LogP contribution >= 0.6 is 23.2 Å². The van der Waals surface area contributed by atoms with Crippen LogP contribution in [0.5, 0.6) is 0 Å². The van der Waals surface area contributed by atoms with Crippen molar-refractivity contribution in [2.24, 2.45) is 0 Å². The molecule has 1 saturated heterocycles. The predicted octanol–water partition coefficient (Wildman–Crippen LogP) is 5.10. The summed E-state index contributed by atoms with van der Waals surface area (Å²) < 4.78 is 5.54. The molecule has 1 fully saturated rings. The number of aromatic nitrogens is 1. The van der Waals surface area contributed by atoms with E-state index in [0.29, 0.717) is 21.3 Å². The number of carbonyl (C=O) groups is 1. The first kappa shape index (κ1) is 17.3. The zero-order valence-corrected chi connectivity index (χ0v) is 15.5. The van der Waals surface area contributed by atoms with Crippen molar-refractivity contribution in [1.29, 1.82) is 0 Å². The van der Waals surface area contributed by atoms with Crippen LogP contribution in [-0.2, 0) is 4.74 Å². The summed E-state index contributed by atoms with van der Waals surface area (Å²) in [5.41, 5.74) is 1.07. The topological polar surface area (TPSA) is 42.4 Å². The van der Waals surface area contributed by atoms with Crippen molar-refractivity contribution in [2.75, 3.05) is 18.0 Å². The fraction of sp³-hybridized carbons (Fsp3) is 0.444. The van der Waals surface area contributed by atoms with Gasteiger partial charge < -0.3 is 9.64 Å². The SMILES string of the molecule is CC(C)(C)OC(=O)c1nc2c(Cl)cc(Cl)cc2cc1N1CCCC1. The molecule has 6 heteroatoms. The Balaban J connectivity index is 2.16. The lowest BCUT2D eigenvalue weighted by Crippen LogP contribution is -2.27. The molecular weight excluding hydrogens is 347 g/mol. The molecule has 1 aromatic heterocycles. The number of anilines is 1. The molecule has 0 amide bonds. The van der Waals surface area contributed by atoms with Gasteiger partial charge in [-0.3, -0.25) is 0 Å². The third-order valence-corrected chi connectivity index (χ3v) is 4.36. The van der Waals surface area contributed by atoms with E-state index in [0.717, 1.165) is 37.0 Å². The molecule has 1 aliphatic heterocycles. The van der Waals surface area contributed by atoms with Gasteiger partial charge in [-0.25, -0.2) is 9.78 Å². The van der Waals surface area contributed by atoms with Crippen LogP contribution < -0.4 is 4.90 Å². The fourth-order valence-electron chi connectivity index (χ4n) is 2.87. The molecule has 3 rings (SSSR count). The highest BCUT2D eigenvalue weighted by molar-refractivity contribution is 6.38. The third-order valence-electron chi connectivity index (χ3n) is 3.86. The molecule has 2 heterocycles. The second kappa shape index (κ2) is 6.41. The number of pyridine rings is 1. The van der Waals surface area contributed by atoms with Crippen molar-refractivity contribution in [3.05, 3.63) is 33.9 Å². The van der Waals surface area contributed by atoms with Gasteiger partial charge >= 0.3 is 5.97 Å². The summed E-state index contributed by atoms with van der Waals surface area (Å²) in [5.74, 6) is -0.433. The van der Waals surface area contributed by atoms with Gasteiger partial charge in [-0.1, -0.05) is 23.2 Å². The van der Waals surface area contributed by atoms with E-state index in [1.807, 2.05) is 32.9 Å². The number of hydrogen-bond donors (Lipinski definition) is 0. The second-order valence-electron chi connectivity index (χ2n) is 7.01. The number of rotatable bonds is 2. The molecule has 0 radical (unpaired) electrons. The average molecular weight is 367 g/mol. The van der Waals surface area contributed by atoms with E-state index in [4.69, 9.17) is 27.9 Å². The zero-order valence-electron chi connectivity index (χ0n) is 14.0. The first-order chi connectivity index (χ1) is 11.2. The van der Waals surface area contributed by atoms with Crippen LogP contribution in [0.3, 0.4) is 0 Å². The first-order valence-electron chi connectivity index (χ1n) is 8.03. The molecular formula is C18H20Cl2N2O2. The molecule has 1 aromatic carbocycles. The monoisotopic (exact) mass is 366 g/mol. The summed E-state index contributed by atoms with van der Waals surface area (Å²) in [4.78, 5) is 19.4. The predicted molar refractivity (Wildman–Crippen MR) is 98.4 cm³/mol. The number of esters is 1. The Bertz CT molecular complexity index is 794. The lowest BCUT2D eigenvalue weighted by molar-refractivity contribution is 0.00642. The average Bonchev–Trinajstić information content (AvgIpc) is 2.98. The Morgan fingerprint density at radius 1 is 1.17 bits per heavy atom. The van der Waals surface area contributed by atoms with E-state index < -0.39 is 11.6 Å². The lowest BCUT2D eigenvalue weighted by atomic mass is 10.1. The number of nitrogens with zero attached hydrogens (tertiary/aromatic N) is 2. The maximum atomic E-state index is 12.7. The molecule has 0 saturated carbocycles. The number of halogens is 2. The summed E-state index contributed by atoms with van der Waals surface area (Å²) in [7, 11) is 0. The summed E-state index contributed by atoms with van der Waals surface area (Å²) in [6.07, 6.45) is 2.20. The van der Waals surface area contributed by atoms with Crippen LogP contribution in [0.15, 0.2) is 18.2 Å². The van der Waals surface area contributed by atoms with Gasteiger partial charge in [0.25, 0.3) is 0 Å². The Hall–Kier alpha value is -1.52. The van der Waals surface area contributed by atoms with Crippen molar-refractivity contribution in [3.8, 4) is 0 Å². The summed E-state index contributed by atoms with van der Waals surface area (Å²) in [6.45, 7) is 7.32. The number of carbonyl (C=O) groups excluding carboxylic acids is 1. The Morgan fingerprint density at radius 2 is 1.83 bits per heavy atom. The largest absolute Gasteiger partial charge is 0.455 e. The molecule has 0 bridgehead atoms. The molecule has 4 nitrogen and oxygen atoms in total. The number of fused-ring (bicyclic) bond motifs is 1. The van der Waals surface area contributed by atoms with E-state index >= 15 is 0 Å². The van der Waals surface area contributed by atoms with Crippen LogP contribution in [0.2, 0.25) is 10.0 Å². The van der Waals surface area contributed by atoms with E-state index in [2.05, 4.69) is 9.88 Å². The van der Waals surface area contributed by atoms with Gasteiger partial charge in [0.15, 0.2) is 5.69 Å². The normalized spacial score (nSPS) is 15.1. The Labute approximate surface area is 151 Å². The summed E-state index contributed by atoms with van der Waals surface area (Å²) in [6, 6.07) is 5.38. The first-order valence-corrected chi connectivity index (χ1v) is 8.78. The van der Waals surface area contributed by atoms with E-state index in [1.165, 1.54) is 0 Å². The second-order valence-corrected chi connectivity index (χ2v) is 7.86. The van der Waals surface area contributed by atoms with Crippen molar-refractivity contribution in [1.82, 2.24) is 4.98 Å². The van der Waals surface area contributed by atoms with Gasteiger partial charge in [0, 0.05) is 23.5 Å². The van der Waals surface area contributed by atoms with Crippen LogP contribution in [0.4, 0.5) is 5.69 Å². The number of ether oxygens (including phenoxy) is 1. The highest BCUT2D eigenvalue weighted by Gasteiger charge is 2.26. The highest BCUT2D eigenvalue weighted by Crippen LogP contribution is 2.33. The summed E-state index contributed by atoms with van der Waals surface area (Å²) >= 11 is 12.4. The van der Waals surface area contributed by atoms with Gasteiger partial charge in [0.1, 0.15) is 5.60 Å². The smallest absolute Gasteiger partial charge is 0.359 e. The Morgan fingerprint density at radius 3 is 2.46 bits per heavy atom. The molecule has 0 atom stereocenters. The van der Waals surface area contributed by atoms with E-state index in [9.17, 15) is 4.79 Å². The van der Waals surface area contributed by atoms with Crippen molar-refractivity contribution < 1.29 is 9.53 Å². The molecule has 0 N–H and O–H groups in total. The van der Waals surface area contributed by atoms with Crippen LogP contribution in [0.1, 0.15) is 44.1 Å². The molecule has 2 aromatic rings. The lowest BCUT2D eigenvalue weighted by Gasteiger charge is -2.24. The minimum absolute atomic E-state index is 0.309. The van der Waals surface area contributed by atoms with Gasteiger partial charge in [0.05, 0.1) is 16.2 Å². The minimum Gasteiger partial charge on any atom is -0.455 e. The summed E-state index contributed by atoms with van der Waals surface area (Å²) in [5, 5.41) is 1.80. The van der Waals surface area contributed by atoms with Gasteiger partial charge in [-0.2, -0.15) is 0 Å². The molecule has 0 spiro atoms. The molecule has 1 aliphatic rings. The molecule has 0 unspecified atom stereocenters. The quantitative estimate of drug-likeness (QED) is 0.693. The standard InChI is InChI=1S/C18H20Cl2N2O2/c1-18(2,3)24-17(23)16-14(22-6-4-5-7-22)9-11-8-12(19)10-13(20)15(11)21-16/h8-10H,4-7H2,1-3H3. The van der Waals surface area contributed by atoms with Crippen LogP contribution in [0.25, 0.3) is 10.9 Å². The van der Waals surface area contributed by atoms with Crippen LogP contribution in [-0.4, -0.2) is 29.6 Å². The number of benzene rings is 1. The molecule has 128 valence electrons. The zero-order chi connectivity index (χ0) is 17.5. The fourth-order valence-corrected chi connectivity index (χ4v) is 3.43. The van der Waals surface area contributed by atoms with Crippen LogP contribution in [0, 0.1) is 0 Å². The van der Waals surface area contributed by atoms with Crippen molar-refractivity contribution in [2.45, 2.75) is 39.2 Å². The van der Waals surface area contributed by atoms with E-state index in [1.54, 1.807) is 6.07 Å².